The van der Waals surface area contributed by atoms with E-state index in [-0.39, 0.29) is 0 Å². The molecule has 0 radical (unpaired) electrons. The maximum atomic E-state index is 5.86. The van der Waals surface area contributed by atoms with Crippen molar-refractivity contribution in [2.45, 2.75) is 18.9 Å². The third kappa shape index (κ3) is 2.34. The number of fused-ring (bicyclic) bond motifs is 1. The van der Waals surface area contributed by atoms with Gasteiger partial charge in [0.2, 0.25) is 0 Å². The van der Waals surface area contributed by atoms with Crippen molar-refractivity contribution in [1.29, 1.82) is 0 Å². The molecule has 0 amide bonds. The van der Waals surface area contributed by atoms with Crippen LogP contribution >= 0.6 is 0 Å². The normalized spacial score (nSPS) is 31.9. The van der Waals surface area contributed by atoms with Crippen molar-refractivity contribution < 1.29 is 4.74 Å². The van der Waals surface area contributed by atoms with Gasteiger partial charge in [0, 0.05) is 11.8 Å². The van der Waals surface area contributed by atoms with Gasteiger partial charge >= 0.3 is 0 Å². The van der Waals surface area contributed by atoms with Crippen LogP contribution in [0.2, 0.25) is 0 Å². The lowest BCUT2D eigenvalue weighted by molar-refractivity contribution is 0.0306. The fourth-order valence-electron chi connectivity index (χ4n) is 2.89. The van der Waals surface area contributed by atoms with Crippen LogP contribution < -0.4 is 0 Å². The predicted octanol–water partition coefficient (Wildman–Crippen LogP) is 3.68. The van der Waals surface area contributed by atoms with Crippen molar-refractivity contribution in [1.82, 2.24) is 0 Å². The van der Waals surface area contributed by atoms with Crippen LogP contribution in [0.15, 0.2) is 48.6 Å². The van der Waals surface area contributed by atoms with Crippen LogP contribution in [-0.4, -0.2) is 12.7 Å². The van der Waals surface area contributed by atoms with Crippen LogP contribution in [0.5, 0.6) is 0 Å². The lowest BCUT2D eigenvalue weighted by Crippen LogP contribution is -2.25. The molecule has 0 N–H and O–H groups in total. The number of hydrogen-bond acceptors (Lipinski definition) is 1. The lowest BCUT2D eigenvalue weighted by Gasteiger charge is -2.24. The van der Waals surface area contributed by atoms with E-state index >= 15 is 0 Å². The molecular formula is C16H18O. The Bertz CT molecular complexity index is 418. The predicted molar refractivity (Wildman–Crippen MR) is 70.6 cm³/mol. The molecule has 1 nitrogen and oxygen atoms in total. The molecule has 88 valence electrons. The summed E-state index contributed by atoms with van der Waals surface area (Å²) in [6, 6.07) is 10.5. The second-order valence-electron chi connectivity index (χ2n) is 4.90. The third-order valence-corrected chi connectivity index (χ3v) is 3.78. The maximum absolute atomic E-state index is 5.86. The zero-order valence-electron chi connectivity index (χ0n) is 9.96. The standard InChI is InChI=1S/C16H18O/c1-2-5-13(6-3-1)8-9-15-11-10-14-7-4-12-17-16(14)15/h1-9,14-16H,10-12H2/t14-,15+,16+/m0/s1. The first-order chi connectivity index (χ1) is 8.43. The first kappa shape index (κ1) is 10.8. The number of benzene rings is 1. The molecule has 3 rings (SSSR count). The van der Waals surface area contributed by atoms with Gasteiger partial charge in [0.1, 0.15) is 0 Å². The van der Waals surface area contributed by atoms with Crippen LogP contribution in [0.25, 0.3) is 6.08 Å². The van der Waals surface area contributed by atoms with Crippen molar-refractivity contribution in [3.63, 3.8) is 0 Å². The van der Waals surface area contributed by atoms with Gasteiger partial charge < -0.3 is 4.74 Å². The van der Waals surface area contributed by atoms with E-state index in [9.17, 15) is 0 Å². The summed E-state index contributed by atoms with van der Waals surface area (Å²) in [7, 11) is 0. The Labute approximate surface area is 103 Å². The Morgan fingerprint density at radius 2 is 2.00 bits per heavy atom. The van der Waals surface area contributed by atoms with E-state index in [4.69, 9.17) is 4.74 Å². The lowest BCUT2D eigenvalue weighted by atomic mass is 9.97. The molecule has 0 unspecified atom stereocenters. The average Bonchev–Trinajstić information content (AvgIpc) is 2.81. The van der Waals surface area contributed by atoms with Gasteiger partial charge in [-0.3, -0.25) is 0 Å². The van der Waals surface area contributed by atoms with Gasteiger partial charge in [-0.2, -0.15) is 0 Å². The molecule has 1 aromatic rings. The Hall–Kier alpha value is -1.34. The largest absolute Gasteiger partial charge is 0.373 e. The molecule has 1 aromatic carbocycles. The Morgan fingerprint density at radius 1 is 1.12 bits per heavy atom. The van der Waals surface area contributed by atoms with E-state index in [0.29, 0.717) is 17.9 Å². The van der Waals surface area contributed by atoms with Crippen LogP contribution in [0, 0.1) is 11.8 Å². The minimum absolute atomic E-state index is 0.417. The highest BCUT2D eigenvalue weighted by molar-refractivity contribution is 5.49. The third-order valence-electron chi connectivity index (χ3n) is 3.78. The topological polar surface area (TPSA) is 9.23 Å². The highest BCUT2D eigenvalue weighted by atomic mass is 16.5. The Balaban J connectivity index is 1.70. The van der Waals surface area contributed by atoms with Gasteiger partial charge in [-0.05, 0) is 18.4 Å². The minimum atomic E-state index is 0.417. The van der Waals surface area contributed by atoms with E-state index in [1.54, 1.807) is 0 Å². The molecule has 1 aliphatic carbocycles. The van der Waals surface area contributed by atoms with Crippen molar-refractivity contribution in [2.24, 2.45) is 11.8 Å². The van der Waals surface area contributed by atoms with Gasteiger partial charge in [-0.25, -0.2) is 0 Å². The van der Waals surface area contributed by atoms with Crippen molar-refractivity contribution >= 4 is 6.08 Å². The van der Waals surface area contributed by atoms with Gasteiger partial charge in [0.15, 0.2) is 0 Å². The molecule has 1 heterocycles. The zero-order chi connectivity index (χ0) is 11.5. The quantitative estimate of drug-likeness (QED) is 0.699. The molecule has 2 aliphatic rings. The van der Waals surface area contributed by atoms with Crippen molar-refractivity contribution in [3.8, 4) is 0 Å². The van der Waals surface area contributed by atoms with E-state index in [0.717, 1.165) is 6.61 Å². The molecule has 1 heteroatoms. The van der Waals surface area contributed by atoms with E-state index in [1.165, 1.54) is 18.4 Å². The summed E-state index contributed by atoms with van der Waals surface area (Å²) in [5.41, 5.74) is 1.28. The fourth-order valence-corrected chi connectivity index (χ4v) is 2.89. The van der Waals surface area contributed by atoms with Gasteiger partial charge in [-0.15, -0.1) is 0 Å². The maximum Gasteiger partial charge on any atom is 0.0704 e. The smallest absolute Gasteiger partial charge is 0.0704 e. The second kappa shape index (κ2) is 4.89. The number of ether oxygens (including phenoxy) is 1. The van der Waals surface area contributed by atoms with Crippen molar-refractivity contribution in [3.05, 3.63) is 54.1 Å². The average molecular weight is 226 g/mol. The van der Waals surface area contributed by atoms with E-state index in [2.05, 4.69) is 54.6 Å². The fraction of sp³-hybridized carbons (Fsp3) is 0.375. The van der Waals surface area contributed by atoms with E-state index < -0.39 is 0 Å². The monoisotopic (exact) mass is 226 g/mol. The number of hydrogen-bond donors (Lipinski definition) is 0. The second-order valence-corrected chi connectivity index (χ2v) is 4.90. The molecular weight excluding hydrogens is 208 g/mol. The summed E-state index contributed by atoms with van der Waals surface area (Å²) in [6.07, 6.45) is 12.0. The summed E-state index contributed by atoms with van der Waals surface area (Å²) in [5, 5.41) is 0. The molecule has 1 saturated carbocycles. The number of rotatable bonds is 2. The first-order valence-electron chi connectivity index (χ1n) is 6.45. The molecule has 3 atom stereocenters. The van der Waals surface area contributed by atoms with Crippen LogP contribution in [0.4, 0.5) is 0 Å². The van der Waals surface area contributed by atoms with Crippen molar-refractivity contribution in [2.75, 3.05) is 6.61 Å². The van der Waals surface area contributed by atoms with Gasteiger partial charge in [-0.1, -0.05) is 54.6 Å². The highest BCUT2D eigenvalue weighted by Crippen LogP contribution is 2.37. The molecule has 0 spiro atoms. The van der Waals surface area contributed by atoms with Gasteiger partial charge in [0.25, 0.3) is 0 Å². The van der Waals surface area contributed by atoms with Crippen LogP contribution in [0.3, 0.4) is 0 Å². The molecule has 1 aliphatic heterocycles. The first-order valence-corrected chi connectivity index (χ1v) is 6.45. The summed E-state index contributed by atoms with van der Waals surface area (Å²) in [5.74, 6) is 1.24. The summed E-state index contributed by atoms with van der Waals surface area (Å²) >= 11 is 0. The molecule has 0 bridgehead atoms. The zero-order valence-corrected chi connectivity index (χ0v) is 9.96. The molecule has 0 aromatic heterocycles. The van der Waals surface area contributed by atoms with E-state index in [1.807, 2.05) is 0 Å². The Morgan fingerprint density at radius 3 is 2.88 bits per heavy atom. The summed E-state index contributed by atoms with van der Waals surface area (Å²) < 4.78 is 5.86. The summed E-state index contributed by atoms with van der Waals surface area (Å²) in [6.45, 7) is 0.789. The summed E-state index contributed by atoms with van der Waals surface area (Å²) in [4.78, 5) is 0. The highest BCUT2D eigenvalue weighted by Gasteiger charge is 2.35. The van der Waals surface area contributed by atoms with Gasteiger partial charge in [0.05, 0.1) is 12.7 Å². The van der Waals surface area contributed by atoms with Crippen LogP contribution in [-0.2, 0) is 4.74 Å². The van der Waals surface area contributed by atoms with Crippen LogP contribution in [0.1, 0.15) is 18.4 Å². The molecule has 17 heavy (non-hydrogen) atoms. The Kier molecular flexibility index (Phi) is 3.10. The SMILES string of the molecule is C1=C[C@H]2CC[C@@H](C=Cc3ccccc3)[C@@H]2OC1. The minimum Gasteiger partial charge on any atom is -0.373 e. The molecule has 1 fully saturated rings. The molecule has 0 saturated heterocycles.